The fourth-order valence-corrected chi connectivity index (χ4v) is 2.54. The summed E-state index contributed by atoms with van der Waals surface area (Å²) in [6.07, 6.45) is 3.84. The normalized spacial score (nSPS) is 14.5. The number of anilines is 1. The number of rotatable bonds is 5. The number of nitrogens with one attached hydrogen (secondary N) is 1. The Labute approximate surface area is 145 Å². The van der Waals surface area contributed by atoms with Crippen LogP contribution in [0.5, 0.6) is 0 Å². The molecule has 1 fully saturated rings. The summed E-state index contributed by atoms with van der Waals surface area (Å²) in [6, 6.07) is 5.69. The SMILES string of the molecule is O=C(NCCc1ccccn1)c1nc(N2CCOCC2)ncc1Cl. The highest BCUT2D eigenvalue weighted by Gasteiger charge is 2.18. The number of hydrogen-bond acceptors (Lipinski definition) is 6. The van der Waals surface area contributed by atoms with Crippen molar-refractivity contribution in [2.24, 2.45) is 0 Å². The second-order valence-electron chi connectivity index (χ2n) is 5.29. The van der Waals surface area contributed by atoms with Gasteiger partial charge < -0.3 is 15.0 Å². The summed E-state index contributed by atoms with van der Waals surface area (Å²) in [4.78, 5) is 27.1. The Bertz CT molecular complexity index is 692. The van der Waals surface area contributed by atoms with Gasteiger partial charge in [-0.3, -0.25) is 9.78 Å². The number of nitrogens with zero attached hydrogens (tertiary/aromatic N) is 4. The van der Waals surface area contributed by atoms with Crippen molar-refractivity contribution in [1.29, 1.82) is 0 Å². The summed E-state index contributed by atoms with van der Waals surface area (Å²) in [6.45, 7) is 3.10. The summed E-state index contributed by atoms with van der Waals surface area (Å²) in [5.41, 5.74) is 1.11. The molecule has 1 N–H and O–H groups in total. The van der Waals surface area contributed by atoms with E-state index in [0.717, 1.165) is 5.69 Å². The zero-order valence-electron chi connectivity index (χ0n) is 13.1. The summed E-state index contributed by atoms with van der Waals surface area (Å²) in [5, 5.41) is 3.06. The minimum absolute atomic E-state index is 0.189. The quantitative estimate of drug-likeness (QED) is 0.879. The summed E-state index contributed by atoms with van der Waals surface area (Å²) in [5.74, 6) is 0.186. The topological polar surface area (TPSA) is 80.2 Å². The van der Waals surface area contributed by atoms with Gasteiger partial charge in [-0.05, 0) is 12.1 Å². The number of ether oxygens (including phenoxy) is 1. The van der Waals surface area contributed by atoms with Crippen molar-refractivity contribution in [1.82, 2.24) is 20.3 Å². The molecule has 1 amide bonds. The van der Waals surface area contributed by atoms with Crippen LogP contribution in [-0.4, -0.2) is 53.7 Å². The van der Waals surface area contributed by atoms with E-state index >= 15 is 0 Å². The minimum atomic E-state index is -0.312. The first kappa shape index (κ1) is 16.6. The van der Waals surface area contributed by atoms with Crippen LogP contribution in [-0.2, 0) is 11.2 Å². The van der Waals surface area contributed by atoms with E-state index in [2.05, 4.69) is 20.3 Å². The van der Waals surface area contributed by atoms with Gasteiger partial charge >= 0.3 is 0 Å². The molecule has 0 radical (unpaired) electrons. The predicted molar refractivity (Wildman–Crippen MR) is 90.3 cm³/mol. The number of morpholine rings is 1. The van der Waals surface area contributed by atoms with E-state index in [1.807, 2.05) is 23.1 Å². The van der Waals surface area contributed by atoms with Crippen LogP contribution in [0.3, 0.4) is 0 Å². The van der Waals surface area contributed by atoms with Crippen LogP contribution in [0.4, 0.5) is 5.95 Å². The minimum Gasteiger partial charge on any atom is -0.378 e. The van der Waals surface area contributed by atoms with Gasteiger partial charge in [0.05, 0.1) is 24.4 Å². The molecule has 2 aromatic rings. The number of hydrogen-bond donors (Lipinski definition) is 1. The predicted octanol–water partition coefficient (Wildman–Crippen LogP) is 1.33. The number of carbonyl (C=O) groups is 1. The van der Waals surface area contributed by atoms with Crippen LogP contribution >= 0.6 is 11.6 Å². The van der Waals surface area contributed by atoms with Crippen LogP contribution in [0.25, 0.3) is 0 Å². The van der Waals surface area contributed by atoms with Gasteiger partial charge in [0, 0.05) is 37.9 Å². The van der Waals surface area contributed by atoms with Crippen LogP contribution in [0.1, 0.15) is 16.2 Å². The van der Waals surface area contributed by atoms with Crippen LogP contribution in [0.2, 0.25) is 5.02 Å². The van der Waals surface area contributed by atoms with E-state index in [1.54, 1.807) is 6.20 Å². The third-order valence-electron chi connectivity index (χ3n) is 3.63. The molecule has 3 heterocycles. The average Bonchev–Trinajstić information content (AvgIpc) is 2.63. The van der Waals surface area contributed by atoms with E-state index in [1.165, 1.54) is 6.20 Å². The molecule has 0 aromatic carbocycles. The fourth-order valence-electron chi connectivity index (χ4n) is 2.37. The first-order chi connectivity index (χ1) is 11.7. The number of aromatic nitrogens is 3. The van der Waals surface area contributed by atoms with Crippen LogP contribution in [0, 0.1) is 0 Å². The third-order valence-corrected chi connectivity index (χ3v) is 3.91. The number of pyridine rings is 1. The van der Waals surface area contributed by atoms with Crippen molar-refractivity contribution in [3.05, 3.63) is 47.0 Å². The lowest BCUT2D eigenvalue weighted by Gasteiger charge is -2.26. The van der Waals surface area contributed by atoms with Crippen molar-refractivity contribution in [3.8, 4) is 0 Å². The first-order valence-electron chi connectivity index (χ1n) is 7.77. The zero-order valence-corrected chi connectivity index (χ0v) is 13.9. The van der Waals surface area contributed by atoms with Gasteiger partial charge in [-0.2, -0.15) is 0 Å². The van der Waals surface area contributed by atoms with E-state index in [0.29, 0.717) is 45.2 Å². The number of amides is 1. The lowest BCUT2D eigenvalue weighted by Crippen LogP contribution is -2.38. The Kier molecular flexibility index (Phi) is 5.55. The third kappa shape index (κ3) is 4.18. The van der Waals surface area contributed by atoms with Gasteiger partial charge in [0.25, 0.3) is 5.91 Å². The molecule has 2 aromatic heterocycles. The molecule has 0 saturated carbocycles. The molecule has 0 aliphatic carbocycles. The molecular formula is C16H18ClN5O2. The molecule has 126 valence electrons. The second kappa shape index (κ2) is 8.03. The van der Waals surface area contributed by atoms with Crippen LogP contribution < -0.4 is 10.2 Å². The summed E-state index contributed by atoms with van der Waals surface area (Å²) < 4.78 is 5.31. The van der Waals surface area contributed by atoms with Crippen molar-refractivity contribution >= 4 is 23.5 Å². The molecule has 1 aliphatic heterocycles. The van der Waals surface area contributed by atoms with Crippen molar-refractivity contribution < 1.29 is 9.53 Å². The number of carbonyl (C=O) groups excluding carboxylic acids is 1. The highest BCUT2D eigenvalue weighted by atomic mass is 35.5. The highest BCUT2D eigenvalue weighted by molar-refractivity contribution is 6.33. The maximum absolute atomic E-state index is 12.3. The van der Waals surface area contributed by atoms with Crippen molar-refractivity contribution in [3.63, 3.8) is 0 Å². The van der Waals surface area contributed by atoms with E-state index < -0.39 is 0 Å². The van der Waals surface area contributed by atoms with Crippen LogP contribution in [0.15, 0.2) is 30.6 Å². The molecule has 1 saturated heterocycles. The van der Waals surface area contributed by atoms with E-state index in [4.69, 9.17) is 16.3 Å². The first-order valence-corrected chi connectivity index (χ1v) is 8.15. The van der Waals surface area contributed by atoms with Gasteiger partial charge in [-0.25, -0.2) is 9.97 Å². The molecule has 24 heavy (non-hydrogen) atoms. The van der Waals surface area contributed by atoms with Gasteiger partial charge in [-0.15, -0.1) is 0 Å². The molecule has 0 spiro atoms. The monoisotopic (exact) mass is 347 g/mol. The molecular weight excluding hydrogens is 330 g/mol. The zero-order chi connectivity index (χ0) is 16.8. The lowest BCUT2D eigenvalue weighted by molar-refractivity contribution is 0.0949. The van der Waals surface area contributed by atoms with E-state index in [9.17, 15) is 4.79 Å². The smallest absolute Gasteiger partial charge is 0.271 e. The van der Waals surface area contributed by atoms with Crippen molar-refractivity contribution in [2.75, 3.05) is 37.7 Å². The maximum atomic E-state index is 12.3. The molecule has 0 bridgehead atoms. The van der Waals surface area contributed by atoms with Gasteiger partial charge in [0.15, 0.2) is 5.69 Å². The van der Waals surface area contributed by atoms with Crippen molar-refractivity contribution in [2.45, 2.75) is 6.42 Å². The molecule has 1 aliphatic rings. The Morgan fingerprint density at radius 1 is 1.29 bits per heavy atom. The maximum Gasteiger partial charge on any atom is 0.271 e. The molecule has 0 unspecified atom stereocenters. The fraction of sp³-hybridized carbons (Fsp3) is 0.375. The molecule has 7 nitrogen and oxygen atoms in total. The summed E-state index contributed by atoms with van der Waals surface area (Å²) in [7, 11) is 0. The summed E-state index contributed by atoms with van der Waals surface area (Å²) >= 11 is 6.08. The Hall–Kier alpha value is -2.25. The Morgan fingerprint density at radius 2 is 2.12 bits per heavy atom. The Morgan fingerprint density at radius 3 is 2.88 bits per heavy atom. The largest absolute Gasteiger partial charge is 0.378 e. The standard InChI is InChI=1S/C16H18ClN5O2/c17-13-11-20-16(22-7-9-24-10-8-22)21-14(13)15(23)19-6-4-12-3-1-2-5-18-12/h1-3,5,11H,4,6-10H2,(H,19,23). The van der Waals surface area contributed by atoms with Gasteiger partial charge in [-0.1, -0.05) is 17.7 Å². The number of halogens is 1. The van der Waals surface area contributed by atoms with E-state index in [-0.39, 0.29) is 16.6 Å². The van der Waals surface area contributed by atoms with Gasteiger partial charge in [0.2, 0.25) is 5.95 Å². The molecule has 3 rings (SSSR count). The lowest BCUT2D eigenvalue weighted by atomic mass is 10.2. The highest BCUT2D eigenvalue weighted by Crippen LogP contribution is 2.17. The van der Waals surface area contributed by atoms with Gasteiger partial charge in [0.1, 0.15) is 0 Å². The second-order valence-corrected chi connectivity index (χ2v) is 5.70. The molecule has 0 atom stereocenters. The molecule has 8 heteroatoms. The Balaban J connectivity index is 1.63. The average molecular weight is 348 g/mol.